The molecular weight excluding hydrogens is 348 g/mol. The molecule has 0 saturated heterocycles. The Hall–Kier alpha value is -3.40. The summed E-state index contributed by atoms with van der Waals surface area (Å²) in [5, 5.41) is 2.92. The average Bonchev–Trinajstić information content (AvgIpc) is 2.75. The number of nitrogens with zero attached hydrogens (tertiary/aromatic N) is 1. The highest BCUT2D eigenvalue weighted by Gasteiger charge is 2.18. The SMILES string of the molecule is Cc1ccccc1C(=O)N(CCCNC(=O)c1ccccc1)c1ccccc1. The Morgan fingerprint density at radius 1 is 0.821 bits per heavy atom. The number of benzene rings is 3. The van der Waals surface area contributed by atoms with E-state index < -0.39 is 0 Å². The fourth-order valence-electron chi connectivity index (χ4n) is 3.04. The number of carbonyl (C=O) groups excluding carboxylic acids is 2. The van der Waals surface area contributed by atoms with Crippen LogP contribution in [0.1, 0.15) is 32.7 Å². The molecule has 142 valence electrons. The molecule has 28 heavy (non-hydrogen) atoms. The Morgan fingerprint density at radius 3 is 2.11 bits per heavy atom. The van der Waals surface area contributed by atoms with Crippen LogP contribution in [0.4, 0.5) is 5.69 Å². The molecule has 0 fully saturated rings. The minimum atomic E-state index is -0.0999. The van der Waals surface area contributed by atoms with Crippen molar-refractivity contribution in [2.24, 2.45) is 0 Å². The number of amides is 2. The first kappa shape index (κ1) is 19.4. The smallest absolute Gasteiger partial charge is 0.258 e. The predicted octanol–water partition coefficient (Wildman–Crippen LogP) is 4.46. The monoisotopic (exact) mass is 372 g/mol. The van der Waals surface area contributed by atoms with E-state index in [1.165, 1.54) is 0 Å². The van der Waals surface area contributed by atoms with Crippen LogP contribution in [0.15, 0.2) is 84.9 Å². The molecule has 3 aromatic rings. The number of rotatable bonds is 7. The lowest BCUT2D eigenvalue weighted by molar-refractivity contribution is 0.0953. The maximum absolute atomic E-state index is 13.2. The Balaban J connectivity index is 1.66. The van der Waals surface area contributed by atoms with Crippen molar-refractivity contribution in [2.45, 2.75) is 13.3 Å². The van der Waals surface area contributed by atoms with Crippen LogP contribution < -0.4 is 10.2 Å². The van der Waals surface area contributed by atoms with E-state index in [-0.39, 0.29) is 11.8 Å². The normalized spacial score (nSPS) is 10.3. The van der Waals surface area contributed by atoms with E-state index in [2.05, 4.69) is 5.32 Å². The maximum Gasteiger partial charge on any atom is 0.258 e. The van der Waals surface area contributed by atoms with Crippen molar-refractivity contribution < 1.29 is 9.59 Å². The van der Waals surface area contributed by atoms with E-state index in [4.69, 9.17) is 0 Å². The van der Waals surface area contributed by atoms with Crippen molar-refractivity contribution in [1.29, 1.82) is 0 Å². The molecule has 1 N–H and O–H groups in total. The number of nitrogens with one attached hydrogen (secondary N) is 1. The van der Waals surface area contributed by atoms with Gasteiger partial charge in [0.1, 0.15) is 0 Å². The van der Waals surface area contributed by atoms with Crippen LogP contribution in [0.2, 0.25) is 0 Å². The highest BCUT2D eigenvalue weighted by molar-refractivity contribution is 6.07. The lowest BCUT2D eigenvalue weighted by Gasteiger charge is -2.24. The highest BCUT2D eigenvalue weighted by atomic mass is 16.2. The van der Waals surface area contributed by atoms with Crippen molar-refractivity contribution in [3.8, 4) is 0 Å². The number of anilines is 1. The standard InChI is InChI=1S/C24H24N2O2/c1-19-11-8-9-16-22(19)24(28)26(21-14-6-3-7-15-21)18-10-17-25-23(27)20-12-4-2-5-13-20/h2-9,11-16H,10,17-18H2,1H3,(H,25,27). The van der Waals surface area contributed by atoms with Gasteiger partial charge in [-0.3, -0.25) is 9.59 Å². The Morgan fingerprint density at radius 2 is 1.43 bits per heavy atom. The third-order valence-electron chi connectivity index (χ3n) is 4.57. The molecule has 3 rings (SSSR count). The minimum Gasteiger partial charge on any atom is -0.352 e. The predicted molar refractivity (Wildman–Crippen MR) is 113 cm³/mol. The number of carbonyl (C=O) groups is 2. The van der Waals surface area contributed by atoms with Crippen LogP contribution in [0.25, 0.3) is 0 Å². The van der Waals surface area contributed by atoms with Crippen LogP contribution in [-0.4, -0.2) is 24.9 Å². The zero-order valence-electron chi connectivity index (χ0n) is 16.0. The zero-order chi connectivity index (χ0) is 19.8. The first-order valence-electron chi connectivity index (χ1n) is 9.42. The molecule has 0 atom stereocenters. The van der Waals surface area contributed by atoms with E-state index in [0.717, 1.165) is 11.3 Å². The van der Waals surface area contributed by atoms with Crippen molar-refractivity contribution in [3.05, 3.63) is 102 Å². The van der Waals surface area contributed by atoms with E-state index >= 15 is 0 Å². The topological polar surface area (TPSA) is 49.4 Å². The zero-order valence-corrected chi connectivity index (χ0v) is 16.0. The molecular formula is C24H24N2O2. The van der Waals surface area contributed by atoms with Gasteiger partial charge in [0.25, 0.3) is 11.8 Å². The fourth-order valence-corrected chi connectivity index (χ4v) is 3.04. The molecule has 4 nitrogen and oxygen atoms in total. The van der Waals surface area contributed by atoms with Crippen molar-refractivity contribution >= 4 is 17.5 Å². The second kappa shape index (κ2) is 9.51. The van der Waals surface area contributed by atoms with Crippen molar-refractivity contribution in [3.63, 3.8) is 0 Å². The van der Waals surface area contributed by atoms with E-state index in [9.17, 15) is 9.59 Å². The summed E-state index contributed by atoms with van der Waals surface area (Å²) in [4.78, 5) is 27.1. The molecule has 4 heteroatoms. The van der Waals surface area contributed by atoms with Crippen molar-refractivity contribution in [1.82, 2.24) is 5.32 Å². The van der Waals surface area contributed by atoms with Crippen LogP contribution in [0.3, 0.4) is 0 Å². The molecule has 3 aromatic carbocycles. The number of hydrogen-bond donors (Lipinski definition) is 1. The van der Waals surface area contributed by atoms with Gasteiger partial charge in [0.05, 0.1) is 0 Å². The molecule has 0 aliphatic carbocycles. The molecule has 0 saturated carbocycles. The third kappa shape index (κ3) is 4.86. The van der Waals surface area contributed by atoms with Crippen LogP contribution in [-0.2, 0) is 0 Å². The Bertz CT molecular complexity index is 924. The van der Waals surface area contributed by atoms with Crippen molar-refractivity contribution in [2.75, 3.05) is 18.0 Å². The summed E-state index contributed by atoms with van der Waals surface area (Å²) in [6, 6.07) is 26.4. The third-order valence-corrected chi connectivity index (χ3v) is 4.57. The van der Waals surface area contributed by atoms with Crippen LogP contribution >= 0.6 is 0 Å². The number of hydrogen-bond acceptors (Lipinski definition) is 2. The van der Waals surface area contributed by atoms with Gasteiger partial charge < -0.3 is 10.2 Å². The molecule has 0 aromatic heterocycles. The summed E-state index contributed by atoms with van der Waals surface area (Å²) in [5.41, 5.74) is 3.13. The summed E-state index contributed by atoms with van der Waals surface area (Å²) in [6.07, 6.45) is 0.658. The van der Waals surface area contributed by atoms with Gasteiger partial charge in [0.15, 0.2) is 0 Å². The second-order valence-electron chi connectivity index (χ2n) is 6.58. The van der Waals surface area contributed by atoms with Gasteiger partial charge >= 0.3 is 0 Å². The average molecular weight is 372 g/mol. The van der Waals surface area contributed by atoms with Crippen LogP contribution in [0, 0.1) is 6.92 Å². The first-order chi connectivity index (χ1) is 13.7. The summed E-state index contributed by atoms with van der Waals surface area (Å²) in [5.74, 6) is -0.129. The van der Waals surface area contributed by atoms with Gasteiger partial charge in [-0.2, -0.15) is 0 Å². The Labute approximate surface area is 165 Å². The molecule has 0 spiro atoms. The summed E-state index contributed by atoms with van der Waals surface area (Å²) < 4.78 is 0. The van der Waals surface area contributed by atoms with Gasteiger partial charge in [0, 0.05) is 29.9 Å². The lowest BCUT2D eigenvalue weighted by Crippen LogP contribution is -2.34. The summed E-state index contributed by atoms with van der Waals surface area (Å²) >= 11 is 0. The lowest BCUT2D eigenvalue weighted by atomic mass is 10.1. The maximum atomic E-state index is 13.2. The molecule has 0 unspecified atom stereocenters. The highest BCUT2D eigenvalue weighted by Crippen LogP contribution is 2.19. The molecule has 2 amide bonds. The van der Waals surface area contributed by atoms with Gasteiger partial charge in [-0.05, 0) is 49.2 Å². The fraction of sp³-hybridized carbons (Fsp3) is 0.167. The first-order valence-corrected chi connectivity index (χ1v) is 9.42. The molecule has 0 radical (unpaired) electrons. The van der Waals surface area contributed by atoms with E-state index in [1.54, 1.807) is 17.0 Å². The molecule has 0 aliphatic rings. The van der Waals surface area contributed by atoms with Crippen LogP contribution in [0.5, 0.6) is 0 Å². The number of para-hydroxylation sites is 1. The van der Waals surface area contributed by atoms with Gasteiger partial charge in [-0.15, -0.1) is 0 Å². The van der Waals surface area contributed by atoms with E-state index in [1.807, 2.05) is 79.7 Å². The number of aryl methyl sites for hydroxylation is 1. The molecule has 0 aliphatic heterocycles. The molecule has 0 bridgehead atoms. The Kier molecular flexibility index (Phi) is 6.58. The van der Waals surface area contributed by atoms with Gasteiger partial charge in [0.2, 0.25) is 0 Å². The largest absolute Gasteiger partial charge is 0.352 e. The summed E-state index contributed by atoms with van der Waals surface area (Å²) in [6.45, 7) is 2.96. The van der Waals surface area contributed by atoms with Gasteiger partial charge in [-0.25, -0.2) is 0 Å². The second-order valence-corrected chi connectivity index (χ2v) is 6.58. The quantitative estimate of drug-likeness (QED) is 0.623. The van der Waals surface area contributed by atoms with Gasteiger partial charge in [-0.1, -0.05) is 54.6 Å². The van der Waals surface area contributed by atoms with E-state index in [0.29, 0.717) is 30.6 Å². The minimum absolute atomic E-state index is 0.0290. The summed E-state index contributed by atoms with van der Waals surface area (Å²) in [7, 11) is 0. The molecule has 0 heterocycles.